The predicted molar refractivity (Wildman–Crippen MR) is 71.5 cm³/mol. The number of carbonyl (C=O) groups is 1. The van der Waals surface area contributed by atoms with Gasteiger partial charge in [-0.2, -0.15) is 0 Å². The molecule has 0 aliphatic heterocycles. The van der Waals surface area contributed by atoms with E-state index >= 15 is 0 Å². The Morgan fingerprint density at radius 3 is 2.78 bits per heavy atom. The van der Waals surface area contributed by atoms with E-state index in [9.17, 15) is 4.79 Å². The second-order valence-electron chi connectivity index (χ2n) is 5.10. The fourth-order valence-electron chi connectivity index (χ4n) is 3.01. The third-order valence-corrected chi connectivity index (χ3v) is 3.91. The molecule has 2 rings (SSSR count). The lowest BCUT2D eigenvalue weighted by Gasteiger charge is -2.23. The first-order valence-electron chi connectivity index (χ1n) is 6.63. The molecule has 0 aromatic heterocycles. The number of rotatable bonds is 5. The molecule has 1 amide bonds. The van der Waals surface area contributed by atoms with Crippen molar-refractivity contribution in [3.05, 3.63) is 29.8 Å². The number of hydrogen-bond acceptors (Lipinski definition) is 2. The van der Waals surface area contributed by atoms with Crippen LogP contribution in [0.2, 0.25) is 0 Å². The standard InChI is InChI=1S/C15H21NO2/c1-18-13-8-4-7-12(9-13)14(10-15(16)17)11-5-2-3-6-11/h4,7-9,11,14H,2-3,5-6,10H2,1H3,(H2,16,17). The van der Waals surface area contributed by atoms with Crippen molar-refractivity contribution in [2.45, 2.75) is 38.0 Å². The Hall–Kier alpha value is -1.51. The molecule has 0 spiro atoms. The molecule has 3 heteroatoms. The van der Waals surface area contributed by atoms with Crippen molar-refractivity contribution in [2.24, 2.45) is 11.7 Å². The first-order chi connectivity index (χ1) is 8.70. The van der Waals surface area contributed by atoms with E-state index in [1.54, 1.807) is 7.11 Å². The summed E-state index contributed by atoms with van der Waals surface area (Å²) in [4.78, 5) is 11.3. The van der Waals surface area contributed by atoms with Gasteiger partial charge in [0.2, 0.25) is 5.91 Å². The van der Waals surface area contributed by atoms with Crippen molar-refractivity contribution in [3.8, 4) is 5.75 Å². The van der Waals surface area contributed by atoms with Crippen LogP contribution in [-0.2, 0) is 4.79 Å². The fourth-order valence-corrected chi connectivity index (χ4v) is 3.01. The summed E-state index contributed by atoms with van der Waals surface area (Å²) < 4.78 is 5.26. The largest absolute Gasteiger partial charge is 0.497 e. The second kappa shape index (κ2) is 5.89. The van der Waals surface area contributed by atoms with Gasteiger partial charge in [0.1, 0.15) is 5.75 Å². The van der Waals surface area contributed by atoms with Gasteiger partial charge in [-0.25, -0.2) is 0 Å². The molecule has 0 heterocycles. The molecule has 1 fully saturated rings. The highest BCUT2D eigenvalue weighted by Crippen LogP contribution is 2.39. The van der Waals surface area contributed by atoms with Gasteiger partial charge in [0.15, 0.2) is 0 Å². The van der Waals surface area contributed by atoms with Gasteiger partial charge in [-0.05, 0) is 42.4 Å². The maximum absolute atomic E-state index is 11.3. The third kappa shape index (κ3) is 3.03. The predicted octanol–water partition coefficient (Wildman–Crippen LogP) is 2.84. The first kappa shape index (κ1) is 12.9. The van der Waals surface area contributed by atoms with Gasteiger partial charge in [0.05, 0.1) is 7.11 Å². The van der Waals surface area contributed by atoms with Crippen LogP contribution in [0.3, 0.4) is 0 Å². The summed E-state index contributed by atoms with van der Waals surface area (Å²) >= 11 is 0. The number of hydrogen-bond donors (Lipinski definition) is 1. The van der Waals surface area contributed by atoms with E-state index in [0.717, 1.165) is 5.75 Å². The summed E-state index contributed by atoms with van der Waals surface area (Å²) in [7, 11) is 1.66. The third-order valence-electron chi connectivity index (χ3n) is 3.91. The molecular weight excluding hydrogens is 226 g/mol. The van der Waals surface area contributed by atoms with Gasteiger partial charge < -0.3 is 10.5 Å². The van der Waals surface area contributed by atoms with Crippen LogP contribution >= 0.6 is 0 Å². The summed E-state index contributed by atoms with van der Waals surface area (Å²) in [5.41, 5.74) is 6.58. The van der Waals surface area contributed by atoms with Crippen molar-refractivity contribution in [1.29, 1.82) is 0 Å². The van der Waals surface area contributed by atoms with Crippen LogP contribution in [0.5, 0.6) is 5.75 Å². The minimum atomic E-state index is -0.213. The molecule has 0 saturated heterocycles. The van der Waals surface area contributed by atoms with Gasteiger partial charge in [-0.15, -0.1) is 0 Å². The zero-order chi connectivity index (χ0) is 13.0. The second-order valence-corrected chi connectivity index (χ2v) is 5.10. The highest BCUT2D eigenvalue weighted by Gasteiger charge is 2.27. The molecular formula is C15H21NO2. The number of benzene rings is 1. The molecule has 18 heavy (non-hydrogen) atoms. The summed E-state index contributed by atoms with van der Waals surface area (Å²) in [5, 5.41) is 0. The number of ether oxygens (including phenoxy) is 1. The van der Waals surface area contributed by atoms with Crippen molar-refractivity contribution >= 4 is 5.91 Å². The van der Waals surface area contributed by atoms with Crippen LogP contribution in [0.15, 0.2) is 24.3 Å². The molecule has 1 aliphatic carbocycles. The molecule has 1 aromatic rings. The van der Waals surface area contributed by atoms with Crippen LogP contribution < -0.4 is 10.5 Å². The molecule has 2 N–H and O–H groups in total. The van der Waals surface area contributed by atoms with E-state index in [0.29, 0.717) is 12.3 Å². The van der Waals surface area contributed by atoms with Crippen molar-refractivity contribution in [1.82, 2.24) is 0 Å². The average Bonchev–Trinajstić information content (AvgIpc) is 2.89. The maximum Gasteiger partial charge on any atom is 0.218 e. The minimum Gasteiger partial charge on any atom is -0.497 e. The summed E-state index contributed by atoms with van der Waals surface area (Å²) in [6.45, 7) is 0. The van der Waals surface area contributed by atoms with Crippen molar-refractivity contribution < 1.29 is 9.53 Å². The summed E-state index contributed by atoms with van der Waals surface area (Å²) in [5.74, 6) is 1.47. The zero-order valence-corrected chi connectivity index (χ0v) is 10.9. The Labute approximate surface area is 108 Å². The minimum absolute atomic E-state index is 0.213. The van der Waals surface area contributed by atoms with Gasteiger partial charge in [0.25, 0.3) is 0 Å². The van der Waals surface area contributed by atoms with Crippen molar-refractivity contribution in [3.63, 3.8) is 0 Å². The quantitative estimate of drug-likeness (QED) is 0.869. The van der Waals surface area contributed by atoms with Crippen LogP contribution in [0.1, 0.15) is 43.6 Å². The average molecular weight is 247 g/mol. The molecule has 98 valence electrons. The first-order valence-corrected chi connectivity index (χ1v) is 6.63. The van der Waals surface area contributed by atoms with Gasteiger partial charge in [0, 0.05) is 6.42 Å². The molecule has 1 atom stereocenters. The van der Waals surface area contributed by atoms with Crippen LogP contribution in [-0.4, -0.2) is 13.0 Å². The number of nitrogens with two attached hydrogens (primary N) is 1. The van der Waals surface area contributed by atoms with Crippen LogP contribution in [0.4, 0.5) is 0 Å². The fraction of sp³-hybridized carbons (Fsp3) is 0.533. The van der Waals surface area contributed by atoms with Gasteiger partial charge >= 0.3 is 0 Å². The molecule has 0 radical (unpaired) electrons. The maximum atomic E-state index is 11.3. The molecule has 1 aromatic carbocycles. The van der Waals surface area contributed by atoms with E-state index in [1.807, 2.05) is 18.2 Å². The van der Waals surface area contributed by atoms with E-state index < -0.39 is 0 Å². The Balaban J connectivity index is 2.23. The lowest BCUT2D eigenvalue weighted by atomic mass is 9.82. The Morgan fingerprint density at radius 1 is 1.44 bits per heavy atom. The van der Waals surface area contributed by atoms with Crippen molar-refractivity contribution in [2.75, 3.05) is 7.11 Å². The number of carbonyl (C=O) groups excluding carboxylic acids is 1. The van der Waals surface area contributed by atoms with Crippen LogP contribution in [0, 0.1) is 5.92 Å². The monoisotopic (exact) mass is 247 g/mol. The van der Waals surface area contributed by atoms with E-state index in [4.69, 9.17) is 10.5 Å². The summed E-state index contributed by atoms with van der Waals surface area (Å²) in [6.07, 6.45) is 5.38. The SMILES string of the molecule is COc1cccc(C(CC(N)=O)C2CCCC2)c1. The smallest absolute Gasteiger partial charge is 0.218 e. The number of amides is 1. The highest BCUT2D eigenvalue weighted by molar-refractivity contribution is 5.74. The lowest BCUT2D eigenvalue weighted by Crippen LogP contribution is -2.20. The molecule has 1 aliphatic rings. The van der Waals surface area contributed by atoms with E-state index in [1.165, 1.54) is 31.2 Å². The molecule has 0 bridgehead atoms. The van der Waals surface area contributed by atoms with E-state index in [-0.39, 0.29) is 11.8 Å². The normalized spacial score (nSPS) is 17.6. The zero-order valence-electron chi connectivity index (χ0n) is 10.9. The Bertz CT molecular complexity index is 411. The Kier molecular flexibility index (Phi) is 4.24. The number of methoxy groups -OCH3 is 1. The Morgan fingerprint density at radius 2 is 2.17 bits per heavy atom. The summed E-state index contributed by atoms with van der Waals surface area (Å²) in [6, 6.07) is 8.02. The van der Waals surface area contributed by atoms with Gasteiger partial charge in [-0.1, -0.05) is 25.0 Å². The molecule has 3 nitrogen and oxygen atoms in total. The van der Waals surface area contributed by atoms with E-state index in [2.05, 4.69) is 6.07 Å². The lowest BCUT2D eigenvalue weighted by molar-refractivity contribution is -0.118. The highest BCUT2D eigenvalue weighted by atomic mass is 16.5. The molecule has 1 saturated carbocycles. The molecule has 1 unspecified atom stereocenters. The van der Waals surface area contributed by atoms with Gasteiger partial charge in [-0.3, -0.25) is 4.79 Å². The number of primary amides is 1. The van der Waals surface area contributed by atoms with Crippen LogP contribution in [0.25, 0.3) is 0 Å². The topological polar surface area (TPSA) is 52.3 Å².